The van der Waals surface area contributed by atoms with E-state index in [2.05, 4.69) is 21.2 Å². The molecular formula is C14H17BrFNO3. The van der Waals surface area contributed by atoms with E-state index in [0.717, 1.165) is 0 Å². The van der Waals surface area contributed by atoms with Crippen LogP contribution in [-0.4, -0.2) is 22.5 Å². The summed E-state index contributed by atoms with van der Waals surface area (Å²) in [4.78, 5) is 23.4. The molecule has 0 atom stereocenters. The average Bonchev–Trinajstić information content (AvgIpc) is 2.27. The fourth-order valence-corrected chi connectivity index (χ4v) is 1.78. The summed E-state index contributed by atoms with van der Waals surface area (Å²) in [6, 6.07) is 4.08. The molecule has 4 nitrogen and oxygen atoms in total. The molecule has 1 rings (SSSR count). The summed E-state index contributed by atoms with van der Waals surface area (Å²) in [6.07, 6.45) is 0. The SMILES string of the molecule is CC(C)(NC(=O)c1ccc(Br)cc1F)C(C)(C)C(=O)O. The van der Waals surface area contributed by atoms with E-state index in [9.17, 15) is 19.1 Å². The van der Waals surface area contributed by atoms with Gasteiger partial charge in [-0.25, -0.2) is 4.39 Å². The minimum Gasteiger partial charge on any atom is -0.481 e. The minimum absolute atomic E-state index is 0.123. The van der Waals surface area contributed by atoms with Crippen LogP contribution < -0.4 is 5.32 Å². The summed E-state index contributed by atoms with van der Waals surface area (Å²) < 4.78 is 14.2. The van der Waals surface area contributed by atoms with Crippen molar-refractivity contribution in [2.45, 2.75) is 33.2 Å². The number of aliphatic carboxylic acids is 1. The average molecular weight is 346 g/mol. The van der Waals surface area contributed by atoms with Crippen molar-refractivity contribution in [2.75, 3.05) is 0 Å². The Morgan fingerprint density at radius 1 is 1.25 bits per heavy atom. The van der Waals surface area contributed by atoms with Crippen molar-refractivity contribution in [3.05, 3.63) is 34.1 Å². The topological polar surface area (TPSA) is 66.4 Å². The van der Waals surface area contributed by atoms with Crippen LogP contribution in [0.4, 0.5) is 4.39 Å². The maximum atomic E-state index is 13.7. The number of carboxylic acids is 1. The van der Waals surface area contributed by atoms with Crippen LogP contribution >= 0.6 is 15.9 Å². The van der Waals surface area contributed by atoms with Gasteiger partial charge in [0.15, 0.2) is 0 Å². The predicted molar refractivity (Wildman–Crippen MR) is 77.1 cm³/mol. The van der Waals surface area contributed by atoms with Crippen molar-refractivity contribution < 1.29 is 19.1 Å². The van der Waals surface area contributed by atoms with Crippen molar-refractivity contribution >= 4 is 27.8 Å². The molecule has 0 fully saturated rings. The van der Waals surface area contributed by atoms with Gasteiger partial charge in [0, 0.05) is 4.47 Å². The van der Waals surface area contributed by atoms with Gasteiger partial charge in [-0.1, -0.05) is 15.9 Å². The lowest BCUT2D eigenvalue weighted by atomic mass is 9.74. The molecule has 0 aliphatic carbocycles. The third-order valence-electron chi connectivity index (χ3n) is 3.70. The molecule has 0 aliphatic rings. The van der Waals surface area contributed by atoms with Gasteiger partial charge in [0.2, 0.25) is 0 Å². The van der Waals surface area contributed by atoms with Gasteiger partial charge in [-0.2, -0.15) is 0 Å². The summed E-state index contributed by atoms with van der Waals surface area (Å²) in [5, 5.41) is 11.8. The monoisotopic (exact) mass is 345 g/mol. The lowest BCUT2D eigenvalue weighted by Crippen LogP contribution is -2.57. The Morgan fingerprint density at radius 2 is 1.80 bits per heavy atom. The Kier molecular flexibility index (Phi) is 4.59. The summed E-state index contributed by atoms with van der Waals surface area (Å²) in [5.41, 5.74) is -2.37. The molecule has 0 unspecified atom stereocenters. The van der Waals surface area contributed by atoms with E-state index >= 15 is 0 Å². The lowest BCUT2D eigenvalue weighted by Gasteiger charge is -2.38. The minimum atomic E-state index is -1.20. The number of benzene rings is 1. The zero-order chi connectivity index (χ0) is 15.7. The number of nitrogens with one attached hydrogen (secondary N) is 1. The Hall–Kier alpha value is -1.43. The van der Waals surface area contributed by atoms with E-state index in [4.69, 9.17) is 0 Å². The van der Waals surface area contributed by atoms with E-state index in [0.29, 0.717) is 4.47 Å². The van der Waals surface area contributed by atoms with Gasteiger partial charge in [-0.3, -0.25) is 9.59 Å². The van der Waals surface area contributed by atoms with Gasteiger partial charge in [0.05, 0.1) is 16.5 Å². The molecule has 1 aromatic rings. The summed E-state index contributed by atoms with van der Waals surface area (Å²) in [7, 11) is 0. The van der Waals surface area contributed by atoms with Gasteiger partial charge < -0.3 is 10.4 Å². The zero-order valence-corrected chi connectivity index (χ0v) is 13.3. The number of amides is 1. The van der Waals surface area contributed by atoms with E-state index in [1.165, 1.54) is 26.0 Å². The molecule has 0 heterocycles. The van der Waals surface area contributed by atoms with Gasteiger partial charge in [-0.15, -0.1) is 0 Å². The molecule has 1 amide bonds. The van der Waals surface area contributed by atoms with E-state index < -0.39 is 28.6 Å². The molecule has 1 aromatic carbocycles. The van der Waals surface area contributed by atoms with E-state index in [-0.39, 0.29) is 5.56 Å². The fraction of sp³-hybridized carbons (Fsp3) is 0.429. The van der Waals surface area contributed by atoms with Crippen LogP contribution in [0.2, 0.25) is 0 Å². The second-order valence-electron chi connectivity index (χ2n) is 5.63. The van der Waals surface area contributed by atoms with Crippen molar-refractivity contribution in [3.8, 4) is 0 Å². The van der Waals surface area contributed by atoms with Crippen LogP contribution in [-0.2, 0) is 4.79 Å². The molecule has 0 saturated carbocycles. The Balaban J connectivity index is 3.03. The highest BCUT2D eigenvalue weighted by molar-refractivity contribution is 9.10. The van der Waals surface area contributed by atoms with Crippen LogP contribution in [0.5, 0.6) is 0 Å². The normalized spacial score (nSPS) is 12.1. The molecule has 0 radical (unpaired) electrons. The standard InChI is InChI=1S/C14H17BrFNO3/c1-13(2,12(19)20)14(3,4)17-11(18)9-6-5-8(15)7-10(9)16/h5-7H,1-4H3,(H,17,18)(H,19,20). The molecule has 20 heavy (non-hydrogen) atoms. The van der Waals surface area contributed by atoms with E-state index in [1.807, 2.05) is 0 Å². The fourth-order valence-electron chi connectivity index (χ4n) is 1.45. The maximum absolute atomic E-state index is 13.7. The largest absolute Gasteiger partial charge is 0.481 e. The van der Waals surface area contributed by atoms with Crippen LogP contribution in [0.3, 0.4) is 0 Å². The highest BCUT2D eigenvalue weighted by Crippen LogP contribution is 2.31. The molecule has 0 spiro atoms. The predicted octanol–water partition coefficient (Wildman–Crippen LogP) is 3.21. The molecule has 6 heteroatoms. The third kappa shape index (κ3) is 3.17. The quantitative estimate of drug-likeness (QED) is 0.880. The first-order valence-corrected chi connectivity index (χ1v) is 6.79. The maximum Gasteiger partial charge on any atom is 0.311 e. The lowest BCUT2D eigenvalue weighted by molar-refractivity contribution is -0.150. The van der Waals surface area contributed by atoms with Gasteiger partial charge in [0.25, 0.3) is 5.91 Å². The first kappa shape index (κ1) is 16.6. The van der Waals surface area contributed by atoms with Crippen molar-refractivity contribution in [3.63, 3.8) is 0 Å². The number of carbonyl (C=O) groups is 2. The van der Waals surface area contributed by atoms with Crippen LogP contribution in [0.25, 0.3) is 0 Å². The highest BCUT2D eigenvalue weighted by Gasteiger charge is 2.44. The van der Waals surface area contributed by atoms with Crippen LogP contribution in [0.1, 0.15) is 38.1 Å². The summed E-state index contributed by atoms with van der Waals surface area (Å²) >= 11 is 3.11. The first-order chi connectivity index (χ1) is 8.99. The van der Waals surface area contributed by atoms with Crippen molar-refractivity contribution in [2.24, 2.45) is 5.41 Å². The van der Waals surface area contributed by atoms with Crippen LogP contribution in [0, 0.1) is 11.2 Å². The molecule has 0 saturated heterocycles. The number of carbonyl (C=O) groups excluding carboxylic acids is 1. The van der Waals surface area contributed by atoms with Gasteiger partial charge >= 0.3 is 5.97 Å². The number of hydrogen-bond acceptors (Lipinski definition) is 2. The third-order valence-corrected chi connectivity index (χ3v) is 4.19. The number of carboxylic acid groups (broad SMARTS) is 1. The number of rotatable bonds is 4. The summed E-state index contributed by atoms with van der Waals surface area (Å²) in [5.74, 6) is -2.35. The highest BCUT2D eigenvalue weighted by atomic mass is 79.9. The van der Waals surface area contributed by atoms with Crippen molar-refractivity contribution in [1.82, 2.24) is 5.32 Å². The van der Waals surface area contributed by atoms with Gasteiger partial charge in [0.1, 0.15) is 5.82 Å². The molecule has 110 valence electrons. The number of hydrogen-bond donors (Lipinski definition) is 2. The smallest absolute Gasteiger partial charge is 0.311 e. The van der Waals surface area contributed by atoms with Crippen molar-refractivity contribution in [1.29, 1.82) is 0 Å². The second-order valence-corrected chi connectivity index (χ2v) is 6.55. The van der Waals surface area contributed by atoms with E-state index in [1.54, 1.807) is 19.9 Å². The Labute approximate surface area is 125 Å². The zero-order valence-electron chi connectivity index (χ0n) is 11.8. The molecule has 0 aliphatic heterocycles. The molecule has 0 bridgehead atoms. The molecular weight excluding hydrogens is 329 g/mol. The molecule has 2 N–H and O–H groups in total. The Morgan fingerprint density at radius 3 is 2.25 bits per heavy atom. The first-order valence-electron chi connectivity index (χ1n) is 6.00. The van der Waals surface area contributed by atoms with Gasteiger partial charge in [-0.05, 0) is 45.9 Å². The molecule has 0 aromatic heterocycles. The van der Waals surface area contributed by atoms with Crippen LogP contribution in [0.15, 0.2) is 22.7 Å². The Bertz CT molecular complexity index is 555. The second kappa shape index (κ2) is 5.52. The number of halogens is 2. The summed E-state index contributed by atoms with van der Waals surface area (Å²) in [6.45, 7) is 6.20.